The van der Waals surface area contributed by atoms with Crippen LogP contribution in [0.3, 0.4) is 0 Å². The minimum absolute atomic E-state index is 0.0786. The number of aromatic hydroxyl groups is 1. The van der Waals surface area contributed by atoms with Crippen molar-refractivity contribution in [1.29, 1.82) is 5.26 Å². The van der Waals surface area contributed by atoms with Crippen molar-refractivity contribution >= 4 is 5.91 Å². The average molecular weight is 248 g/mol. The van der Waals surface area contributed by atoms with Crippen molar-refractivity contribution in [3.05, 3.63) is 23.8 Å². The SMILES string of the molecule is COc1ccc(C(=O)N(C)CC(C)C#N)cc1O. The summed E-state index contributed by atoms with van der Waals surface area (Å²) < 4.78 is 4.90. The number of methoxy groups -OCH3 is 1. The van der Waals surface area contributed by atoms with Crippen LogP contribution in [-0.2, 0) is 0 Å². The fourth-order valence-electron chi connectivity index (χ4n) is 1.58. The van der Waals surface area contributed by atoms with Crippen LogP contribution in [0, 0.1) is 17.2 Å². The number of rotatable bonds is 4. The molecule has 0 bridgehead atoms. The number of nitriles is 1. The molecule has 1 aromatic carbocycles. The van der Waals surface area contributed by atoms with E-state index in [0.29, 0.717) is 17.9 Å². The Morgan fingerprint density at radius 1 is 1.61 bits per heavy atom. The Labute approximate surface area is 106 Å². The summed E-state index contributed by atoms with van der Waals surface area (Å²) in [5.74, 6) is -0.231. The molecular formula is C13H16N2O3. The molecule has 0 fully saturated rings. The lowest BCUT2D eigenvalue weighted by Crippen LogP contribution is -2.30. The van der Waals surface area contributed by atoms with E-state index in [1.54, 1.807) is 20.0 Å². The summed E-state index contributed by atoms with van der Waals surface area (Å²) in [6.07, 6.45) is 0. The Balaban J connectivity index is 2.84. The summed E-state index contributed by atoms with van der Waals surface area (Å²) in [6.45, 7) is 2.09. The van der Waals surface area contributed by atoms with Crippen LogP contribution in [0.1, 0.15) is 17.3 Å². The minimum Gasteiger partial charge on any atom is -0.504 e. The van der Waals surface area contributed by atoms with E-state index >= 15 is 0 Å². The molecule has 0 heterocycles. The van der Waals surface area contributed by atoms with Gasteiger partial charge in [0.15, 0.2) is 11.5 Å². The van der Waals surface area contributed by atoms with Crippen LogP contribution in [0.5, 0.6) is 11.5 Å². The van der Waals surface area contributed by atoms with Gasteiger partial charge in [-0.3, -0.25) is 4.79 Å². The third-order valence-electron chi connectivity index (χ3n) is 2.54. The summed E-state index contributed by atoms with van der Waals surface area (Å²) in [5.41, 5.74) is 0.362. The molecule has 1 amide bonds. The zero-order valence-electron chi connectivity index (χ0n) is 10.7. The maximum atomic E-state index is 12.0. The van der Waals surface area contributed by atoms with E-state index in [2.05, 4.69) is 6.07 Å². The van der Waals surface area contributed by atoms with E-state index in [0.717, 1.165) is 0 Å². The van der Waals surface area contributed by atoms with Crippen LogP contribution in [-0.4, -0.2) is 36.6 Å². The number of phenols is 1. The molecular weight excluding hydrogens is 232 g/mol. The first-order valence-electron chi connectivity index (χ1n) is 5.51. The van der Waals surface area contributed by atoms with E-state index in [1.807, 2.05) is 0 Å². The van der Waals surface area contributed by atoms with Gasteiger partial charge in [0.05, 0.1) is 19.1 Å². The maximum absolute atomic E-state index is 12.0. The molecule has 18 heavy (non-hydrogen) atoms. The van der Waals surface area contributed by atoms with Crippen LogP contribution >= 0.6 is 0 Å². The van der Waals surface area contributed by atoms with E-state index in [1.165, 1.54) is 24.1 Å². The minimum atomic E-state index is -0.241. The second kappa shape index (κ2) is 5.92. The monoisotopic (exact) mass is 248 g/mol. The number of hydrogen-bond donors (Lipinski definition) is 1. The number of amides is 1. The van der Waals surface area contributed by atoms with Crippen molar-refractivity contribution in [2.75, 3.05) is 20.7 Å². The fourth-order valence-corrected chi connectivity index (χ4v) is 1.58. The zero-order chi connectivity index (χ0) is 13.7. The van der Waals surface area contributed by atoms with E-state index < -0.39 is 0 Å². The number of ether oxygens (including phenoxy) is 1. The lowest BCUT2D eigenvalue weighted by Gasteiger charge is -2.18. The van der Waals surface area contributed by atoms with Crippen LogP contribution in [0.4, 0.5) is 0 Å². The maximum Gasteiger partial charge on any atom is 0.253 e. The normalized spacial score (nSPS) is 11.4. The Bertz CT molecular complexity index is 480. The molecule has 1 atom stereocenters. The van der Waals surface area contributed by atoms with Crippen molar-refractivity contribution in [2.24, 2.45) is 5.92 Å². The molecule has 0 aliphatic heterocycles. The van der Waals surface area contributed by atoms with Crippen LogP contribution in [0.2, 0.25) is 0 Å². The average Bonchev–Trinajstić information content (AvgIpc) is 2.37. The molecule has 0 spiro atoms. The Kier molecular flexibility index (Phi) is 4.55. The molecule has 0 saturated carbocycles. The molecule has 1 aromatic rings. The third kappa shape index (κ3) is 3.14. The van der Waals surface area contributed by atoms with Gasteiger partial charge in [-0.15, -0.1) is 0 Å². The second-order valence-corrected chi connectivity index (χ2v) is 4.10. The summed E-state index contributed by atoms with van der Waals surface area (Å²) in [7, 11) is 3.06. The van der Waals surface area contributed by atoms with E-state index in [4.69, 9.17) is 10.00 Å². The molecule has 96 valence electrons. The first kappa shape index (κ1) is 13.8. The largest absolute Gasteiger partial charge is 0.504 e. The molecule has 0 aliphatic carbocycles. The van der Waals surface area contributed by atoms with Crippen LogP contribution in [0.25, 0.3) is 0 Å². The molecule has 0 aromatic heterocycles. The van der Waals surface area contributed by atoms with Gasteiger partial charge in [-0.05, 0) is 25.1 Å². The third-order valence-corrected chi connectivity index (χ3v) is 2.54. The van der Waals surface area contributed by atoms with Gasteiger partial charge in [-0.1, -0.05) is 0 Å². The van der Waals surface area contributed by atoms with Gasteiger partial charge in [-0.25, -0.2) is 0 Å². The van der Waals surface area contributed by atoms with Crippen LogP contribution < -0.4 is 4.74 Å². The van der Waals surface area contributed by atoms with Gasteiger partial charge in [-0.2, -0.15) is 5.26 Å². The Hall–Kier alpha value is -2.22. The lowest BCUT2D eigenvalue weighted by molar-refractivity contribution is 0.0784. The highest BCUT2D eigenvalue weighted by Crippen LogP contribution is 2.26. The van der Waals surface area contributed by atoms with Crippen molar-refractivity contribution in [2.45, 2.75) is 6.92 Å². The highest BCUT2D eigenvalue weighted by Gasteiger charge is 2.15. The lowest BCUT2D eigenvalue weighted by atomic mass is 10.1. The quantitative estimate of drug-likeness (QED) is 0.878. The van der Waals surface area contributed by atoms with Crippen molar-refractivity contribution in [3.8, 4) is 17.6 Å². The van der Waals surface area contributed by atoms with Gasteiger partial charge >= 0.3 is 0 Å². The highest BCUT2D eigenvalue weighted by molar-refractivity contribution is 5.94. The van der Waals surface area contributed by atoms with Gasteiger partial charge < -0.3 is 14.7 Å². The van der Waals surface area contributed by atoms with Gasteiger partial charge in [0.2, 0.25) is 0 Å². The van der Waals surface area contributed by atoms with Gasteiger partial charge in [0.25, 0.3) is 5.91 Å². The summed E-state index contributed by atoms with van der Waals surface area (Å²) in [6, 6.07) is 6.53. The number of benzene rings is 1. The number of nitrogens with zero attached hydrogens (tertiary/aromatic N) is 2. The molecule has 1 rings (SSSR count). The number of carbonyl (C=O) groups is 1. The smallest absolute Gasteiger partial charge is 0.253 e. The molecule has 0 radical (unpaired) electrons. The number of phenolic OH excluding ortho intramolecular Hbond substituents is 1. The molecule has 0 aliphatic rings. The predicted octanol–water partition coefficient (Wildman–Crippen LogP) is 1.63. The van der Waals surface area contributed by atoms with Crippen molar-refractivity contribution in [1.82, 2.24) is 4.90 Å². The predicted molar refractivity (Wildman–Crippen MR) is 66.4 cm³/mol. The standard InChI is InChI=1S/C13H16N2O3/c1-9(7-14)8-15(2)13(17)10-4-5-12(18-3)11(16)6-10/h4-6,9,16H,8H2,1-3H3. The molecule has 5 nitrogen and oxygen atoms in total. The topological polar surface area (TPSA) is 73.6 Å². The molecule has 1 N–H and O–H groups in total. The summed E-state index contributed by atoms with van der Waals surface area (Å²) in [5, 5.41) is 18.3. The zero-order valence-corrected chi connectivity index (χ0v) is 10.7. The van der Waals surface area contributed by atoms with E-state index in [9.17, 15) is 9.90 Å². The summed E-state index contributed by atoms with van der Waals surface area (Å²) in [4.78, 5) is 13.5. The Morgan fingerprint density at radius 2 is 2.28 bits per heavy atom. The molecule has 1 unspecified atom stereocenters. The number of hydrogen-bond acceptors (Lipinski definition) is 4. The van der Waals surface area contributed by atoms with Gasteiger partial charge in [0.1, 0.15) is 0 Å². The van der Waals surface area contributed by atoms with Crippen molar-refractivity contribution in [3.63, 3.8) is 0 Å². The first-order valence-corrected chi connectivity index (χ1v) is 5.51. The molecule has 0 saturated heterocycles. The molecule has 5 heteroatoms. The van der Waals surface area contributed by atoms with E-state index in [-0.39, 0.29) is 17.6 Å². The van der Waals surface area contributed by atoms with Crippen molar-refractivity contribution < 1.29 is 14.6 Å². The number of carbonyl (C=O) groups excluding carboxylic acids is 1. The fraction of sp³-hybridized carbons (Fsp3) is 0.385. The van der Waals surface area contributed by atoms with Crippen LogP contribution in [0.15, 0.2) is 18.2 Å². The Morgan fingerprint density at radius 3 is 2.78 bits per heavy atom. The second-order valence-electron chi connectivity index (χ2n) is 4.10. The first-order chi connectivity index (χ1) is 8.49. The highest BCUT2D eigenvalue weighted by atomic mass is 16.5. The summed E-state index contributed by atoms with van der Waals surface area (Å²) >= 11 is 0. The van der Waals surface area contributed by atoms with Gasteiger partial charge in [0, 0.05) is 19.2 Å².